The van der Waals surface area contributed by atoms with Crippen LogP contribution in [0.25, 0.3) is 0 Å². The number of sulfonamides is 1. The van der Waals surface area contributed by atoms with Crippen LogP contribution in [0.4, 0.5) is 4.39 Å². The van der Waals surface area contributed by atoms with Gasteiger partial charge in [0.25, 0.3) is 0 Å². The Morgan fingerprint density at radius 1 is 1.10 bits per heavy atom. The maximum atomic E-state index is 14.0. The van der Waals surface area contributed by atoms with E-state index in [0.717, 1.165) is 11.6 Å². The summed E-state index contributed by atoms with van der Waals surface area (Å²) in [6, 6.07) is 10.4. The van der Waals surface area contributed by atoms with E-state index in [0.29, 0.717) is 31.1 Å². The van der Waals surface area contributed by atoms with E-state index in [1.54, 1.807) is 6.92 Å². The van der Waals surface area contributed by atoms with Crippen LogP contribution < -0.4 is 14.8 Å². The van der Waals surface area contributed by atoms with Crippen LogP contribution in [0.3, 0.4) is 0 Å². The van der Waals surface area contributed by atoms with E-state index >= 15 is 0 Å². The van der Waals surface area contributed by atoms with E-state index in [9.17, 15) is 17.6 Å². The van der Waals surface area contributed by atoms with Crippen LogP contribution in [-0.4, -0.2) is 62.5 Å². The second-order valence-corrected chi connectivity index (χ2v) is 9.36. The van der Waals surface area contributed by atoms with E-state index in [1.807, 2.05) is 23.1 Å². The Bertz CT molecular complexity index is 1070. The van der Waals surface area contributed by atoms with Crippen molar-refractivity contribution in [3.63, 3.8) is 0 Å². The Morgan fingerprint density at radius 3 is 2.55 bits per heavy atom. The van der Waals surface area contributed by atoms with Gasteiger partial charge in [-0.2, -0.15) is 4.31 Å². The van der Waals surface area contributed by atoms with Gasteiger partial charge in [-0.05, 0) is 36.8 Å². The first-order valence-electron chi connectivity index (χ1n) is 10.0. The van der Waals surface area contributed by atoms with E-state index in [4.69, 9.17) is 9.47 Å². The molecule has 2 aliphatic heterocycles. The molecule has 166 valence electrons. The fourth-order valence-electron chi connectivity index (χ4n) is 3.68. The molecule has 0 spiro atoms. The second-order valence-electron chi connectivity index (χ2n) is 7.45. The number of carbonyl (C=O) groups excluding carboxylic acids is 1. The normalized spacial score (nSPS) is 18.0. The molecule has 2 aromatic carbocycles. The van der Waals surface area contributed by atoms with Crippen LogP contribution in [0.5, 0.6) is 11.5 Å². The van der Waals surface area contributed by atoms with Crippen molar-refractivity contribution in [1.82, 2.24) is 14.5 Å². The minimum Gasteiger partial charge on any atom is -0.454 e. The number of piperazine rings is 1. The third-order valence-corrected chi connectivity index (χ3v) is 7.49. The van der Waals surface area contributed by atoms with E-state index in [1.165, 1.54) is 22.5 Å². The molecular weight excluding hydrogens is 425 g/mol. The Balaban J connectivity index is 1.31. The molecule has 1 fully saturated rings. The molecule has 10 heteroatoms. The van der Waals surface area contributed by atoms with Crippen molar-refractivity contribution in [1.29, 1.82) is 0 Å². The van der Waals surface area contributed by atoms with Crippen molar-refractivity contribution in [3.05, 3.63) is 53.8 Å². The number of amides is 1. The first-order valence-corrected chi connectivity index (χ1v) is 11.5. The van der Waals surface area contributed by atoms with E-state index < -0.39 is 21.9 Å². The molecule has 0 bridgehead atoms. The molecule has 8 nitrogen and oxygen atoms in total. The quantitative estimate of drug-likeness (QED) is 0.720. The van der Waals surface area contributed by atoms with Crippen molar-refractivity contribution in [2.75, 3.05) is 33.0 Å². The minimum atomic E-state index is -3.90. The van der Waals surface area contributed by atoms with Crippen molar-refractivity contribution >= 4 is 15.9 Å². The summed E-state index contributed by atoms with van der Waals surface area (Å²) in [5.74, 6) is 0.433. The van der Waals surface area contributed by atoms with Crippen molar-refractivity contribution < 1.29 is 27.1 Å². The zero-order valence-corrected chi connectivity index (χ0v) is 17.9. The van der Waals surface area contributed by atoms with Gasteiger partial charge in [-0.3, -0.25) is 9.69 Å². The van der Waals surface area contributed by atoms with E-state index in [2.05, 4.69) is 5.32 Å². The highest BCUT2D eigenvalue weighted by atomic mass is 32.2. The molecular formula is C21H24FN3O5S. The highest BCUT2D eigenvalue weighted by Gasteiger charge is 2.33. The Hall–Kier alpha value is -2.69. The lowest BCUT2D eigenvalue weighted by molar-refractivity contribution is -0.126. The van der Waals surface area contributed by atoms with Gasteiger partial charge in [-0.25, -0.2) is 12.8 Å². The highest BCUT2D eigenvalue weighted by molar-refractivity contribution is 7.89. The first kappa shape index (κ1) is 21.5. The number of hydrogen-bond acceptors (Lipinski definition) is 6. The van der Waals surface area contributed by atoms with Gasteiger partial charge in [0, 0.05) is 32.7 Å². The largest absolute Gasteiger partial charge is 0.454 e. The van der Waals surface area contributed by atoms with Crippen LogP contribution in [-0.2, 0) is 21.4 Å². The molecule has 1 N–H and O–H groups in total. The van der Waals surface area contributed by atoms with Gasteiger partial charge in [-0.15, -0.1) is 0 Å². The number of fused-ring (bicyclic) bond motifs is 1. The zero-order valence-electron chi connectivity index (χ0n) is 17.1. The molecule has 2 heterocycles. The van der Waals surface area contributed by atoms with E-state index in [-0.39, 0.29) is 30.7 Å². The molecule has 0 radical (unpaired) electrons. The molecule has 0 aromatic heterocycles. The van der Waals surface area contributed by atoms with Crippen molar-refractivity contribution in [3.8, 4) is 11.5 Å². The summed E-state index contributed by atoms with van der Waals surface area (Å²) < 4.78 is 51.3. The Labute approximate surface area is 180 Å². The summed E-state index contributed by atoms with van der Waals surface area (Å²) in [5, 5.41) is 2.90. The maximum absolute atomic E-state index is 14.0. The predicted molar refractivity (Wildman–Crippen MR) is 111 cm³/mol. The number of hydrogen-bond donors (Lipinski definition) is 1. The van der Waals surface area contributed by atoms with Crippen LogP contribution in [0.1, 0.15) is 12.5 Å². The Morgan fingerprint density at radius 2 is 1.81 bits per heavy atom. The summed E-state index contributed by atoms with van der Waals surface area (Å²) in [6.45, 7) is 3.48. The van der Waals surface area contributed by atoms with Crippen molar-refractivity contribution in [2.45, 2.75) is 24.4 Å². The maximum Gasteiger partial charge on any atom is 0.246 e. The summed E-state index contributed by atoms with van der Waals surface area (Å²) in [6.07, 6.45) is 0. The Kier molecular flexibility index (Phi) is 6.12. The van der Waals surface area contributed by atoms with Gasteiger partial charge in [0.05, 0.1) is 6.04 Å². The van der Waals surface area contributed by atoms with Crippen LogP contribution in [0, 0.1) is 5.82 Å². The summed E-state index contributed by atoms with van der Waals surface area (Å²) >= 11 is 0. The first-order chi connectivity index (χ1) is 14.9. The molecule has 2 aromatic rings. The fourth-order valence-corrected chi connectivity index (χ4v) is 5.17. The summed E-state index contributed by atoms with van der Waals surface area (Å²) in [5.41, 5.74) is 0.894. The number of carbonyl (C=O) groups is 1. The topological polar surface area (TPSA) is 88.2 Å². The van der Waals surface area contributed by atoms with Gasteiger partial charge >= 0.3 is 0 Å². The molecule has 4 rings (SSSR count). The number of halogens is 1. The number of benzene rings is 2. The molecule has 31 heavy (non-hydrogen) atoms. The smallest absolute Gasteiger partial charge is 0.246 e. The molecule has 1 atom stereocenters. The van der Waals surface area contributed by atoms with Gasteiger partial charge in [0.15, 0.2) is 11.5 Å². The average Bonchev–Trinajstić information content (AvgIpc) is 3.25. The molecule has 0 unspecified atom stereocenters. The lowest BCUT2D eigenvalue weighted by Crippen LogP contribution is -2.54. The second kappa shape index (κ2) is 8.81. The fraction of sp³-hybridized carbons (Fsp3) is 0.381. The molecule has 0 aliphatic carbocycles. The van der Waals surface area contributed by atoms with Gasteiger partial charge in [0.2, 0.25) is 22.7 Å². The average molecular weight is 450 g/mol. The molecule has 1 amide bonds. The zero-order chi connectivity index (χ0) is 22.0. The van der Waals surface area contributed by atoms with Gasteiger partial charge in [0.1, 0.15) is 10.7 Å². The summed E-state index contributed by atoms with van der Waals surface area (Å²) in [4.78, 5) is 14.2. The number of nitrogens with zero attached hydrogens (tertiary/aromatic N) is 2. The van der Waals surface area contributed by atoms with Crippen LogP contribution in [0.15, 0.2) is 47.4 Å². The number of rotatable bonds is 6. The lowest BCUT2D eigenvalue weighted by atomic mass is 10.2. The SMILES string of the molecule is C[C@@H](C(=O)NCc1ccc2c(c1)OCO2)N1CCN(S(=O)(=O)c2ccccc2F)CC1. The summed E-state index contributed by atoms with van der Waals surface area (Å²) in [7, 11) is -3.90. The third-order valence-electron chi connectivity index (χ3n) is 5.56. The minimum absolute atomic E-state index is 0.150. The highest BCUT2D eigenvalue weighted by Crippen LogP contribution is 2.32. The number of ether oxygens (including phenoxy) is 2. The number of nitrogens with one attached hydrogen (secondary N) is 1. The predicted octanol–water partition coefficient (Wildman–Crippen LogP) is 1.57. The molecule has 1 saturated heterocycles. The molecule has 2 aliphatic rings. The molecule has 0 saturated carbocycles. The van der Waals surface area contributed by atoms with Crippen molar-refractivity contribution in [2.24, 2.45) is 0 Å². The third kappa shape index (κ3) is 4.51. The lowest BCUT2D eigenvalue weighted by Gasteiger charge is -2.36. The van der Waals surface area contributed by atoms with Crippen LogP contribution >= 0.6 is 0 Å². The monoisotopic (exact) mass is 449 g/mol. The van der Waals surface area contributed by atoms with Crippen LogP contribution in [0.2, 0.25) is 0 Å². The van der Waals surface area contributed by atoms with Gasteiger partial charge < -0.3 is 14.8 Å². The van der Waals surface area contributed by atoms with Gasteiger partial charge in [-0.1, -0.05) is 18.2 Å². The standard InChI is InChI=1S/C21H24FN3O5S/c1-15(21(26)23-13-16-6-7-18-19(12-16)30-14-29-18)24-8-10-25(11-9-24)31(27,28)20-5-3-2-4-17(20)22/h2-7,12,15H,8-11,13-14H2,1H3,(H,23,26)/t15-/m0/s1.